The molecule has 136 valence electrons. The van der Waals surface area contributed by atoms with Crippen molar-refractivity contribution in [1.29, 1.82) is 0 Å². The van der Waals surface area contributed by atoms with Crippen LogP contribution in [0.5, 0.6) is 0 Å². The quantitative estimate of drug-likeness (QED) is 0.382. The fourth-order valence-corrected chi connectivity index (χ4v) is 3.35. The van der Waals surface area contributed by atoms with Gasteiger partial charge in [0.05, 0.1) is 18.2 Å². The van der Waals surface area contributed by atoms with E-state index >= 15 is 0 Å². The van der Waals surface area contributed by atoms with Crippen LogP contribution in [0.1, 0.15) is 30.0 Å². The van der Waals surface area contributed by atoms with Gasteiger partial charge in [-0.3, -0.25) is 4.99 Å². The van der Waals surface area contributed by atoms with Crippen molar-refractivity contribution in [3.8, 4) is 0 Å². The molecule has 2 rings (SSSR count). The molecule has 24 heavy (non-hydrogen) atoms. The summed E-state index contributed by atoms with van der Waals surface area (Å²) in [4.78, 5) is 8.72. The average molecular weight is 355 g/mol. The lowest BCUT2D eigenvalue weighted by Gasteiger charge is -2.12. The molecule has 1 fully saturated rings. The molecule has 1 aromatic heterocycles. The van der Waals surface area contributed by atoms with Crippen molar-refractivity contribution in [3.05, 3.63) is 16.1 Å². The number of ether oxygens (including phenoxy) is 2. The van der Waals surface area contributed by atoms with Gasteiger partial charge in [-0.05, 0) is 26.2 Å². The van der Waals surface area contributed by atoms with Crippen LogP contribution in [0, 0.1) is 12.8 Å². The van der Waals surface area contributed by atoms with Gasteiger partial charge in [-0.15, -0.1) is 11.3 Å². The lowest BCUT2D eigenvalue weighted by Crippen LogP contribution is -2.38. The second-order valence-electron chi connectivity index (χ2n) is 6.07. The molecule has 0 amide bonds. The van der Waals surface area contributed by atoms with Gasteiger partial charge in [0.25, 0.3) is 0 Å². The summed E-state index contributed by atoms with van der Waals surface area (Å²) in [6, 6.07) is 0. The second-order valence-corrected chi connectivity index (χ2v) is 7.01. The molecule has 1 atom stereocenters. The van der Waals surface area contributed by atoms with Gasteiger partial charge in [0.15, 0.2) is 5.96 Å². The molecule has 1 saturated heterocycles. The summed E-state index contributed by atoms with van der Waals surface area (Å²) in [5, 5.41) is 9.97. The summed E-state index contributed by atoms with van der Waals surface area (Å²) in [6.07, 6.45) is 4.18. The van der Waals surface area contributed by atoms with Crippen molar-refractivity contribution in [2.45, 2.75) is 32.6 Å². The lowest BCUT2D eigenvalue weighted by atomic mass is 10.1. The van der Waals surface area contributed by atoms with Crippen LogP contribution in [-0.4, -0.2) is 57.5 Å². The number of aromatic nitrogens is 1. The molecule has 0 bridgehead atoms. The highest BCUT2D eigenvalue weighted by Gasteiger charge is 2.15. The Morgan fingerprint density at radius 1 is 1.42 bits per heavy atom. The summed E-state index contributed by atoms with van der Waals surface area (Å²) in [7, 11) is 1.80. The van der Waals surface area contributed by atoms with Gasteiger partial charge in [0, 0.05) is 56.8 Å². The van der Waals surface area contributed by atoms with E-state index in [-0.39, 0.29) is 0 Å². The lowest BCUT2D eigenvalue weighted by molar-refractivity contribution is 0.0888. The zero-order valence-corrected chi connectivity index (χ0v) is 15.7. The molecule has 0 radical (unpaired) electrons. The molecule has 6 nitrogen and oxygen atoms in total. The van der Waals surface area contributed by atoms with Crippen molar-refractivity contribution in [3.63, 3.8) is 0 Å². The number of hydrogen-bond acceptors (Lipinski definition) is 5. The van der Waals surface area contributed by atoms with Gasteiger partial charge in [0.1, 0.15) is 0 Å². The van der Waals surface area contributed by atoms with Gasteiger partial charge < -0.3 is 20.1 Å². The third-order valence-electron chi connectivity index (χ3n) is 3.89. The summed E-state index contributed by atoms with van der Waals surface area (Å²) in [5.74, 6) is 1.45. The van der Waals surface area contributed by atoms with Gasteiger partial charge in [-0.1, -0.05) is 0 Å². The van der Waals surface area contributed by atoms with E-state index in [0.717, 1.165) is 76.9 Å². The molecule has 1 aliphatic heterocycles. The van der Waals surface area contributed by atoms with E-state index in [4.69, 9.17) is 9.47 Å². The summed E-state index contributed by atoms with van der Waals surface area (Å²) in [5.41, 5.74) is 1.11. The van der Waals surface area contributed by atoms with Crippen LogP contribution in [0.4, 0.5) is 0 Å². The minimum atomic E-state index is 0.592. The van der Waals surface area contributed by atoms with Crippen molar-refractivity contribution in [1.82, 2.24) is 15.6 Å². The standard InChI is InChI=1S/C17H30N4O2S/c1-14-13-24-16(21-14)5-3-7-19-17(18-2)20-8-4-9-22-11-15-6-10-23-12-15/h13,15H,3-12H2,1-2H3,(H2,18,19,20). The number of hydrogen-bond donors (Lipinski definition) is 2. The third-order valence-corrected chi connectivity index (χ3v) is 4.91. The van der Waals surface area contributed by atoms with Crippen LogP contribution in [-0.2, 0) is 15.9 Å². The highest BCUT2D eigenvalue weighted by molar-refractivity contribution is 7.09. The zero-order chi connectivity index (χ0) is 17.0. The minimum absolute atomic E-state index is 0.592. The molecule has 0 aliphatic carbocycles. The van der Waals surface area contributed by atoms with E-state index in [9.17, 15) is 0 Å². The Morgan fingerprint density at radius 3 is 2.92 bits per heavy atom. The normalized spacial score (nSPS) is 18.1. The smallest absolute Gasteiger partial charge is 0.190 e. The number of thiazole rings is 1. The predicted octanol–water partition coefficient (Wildman–Crippen LogP) is 1.99. The molecule has 1 aromatic rings. The molecule has 1 unspecified atom stereocenters. The van der Waals surface area contributed by atoms with Crippen molar-refractivity contribution < 1.29 is 9.47 Å². The monoisotopic (exact) mass is 354 g/mol. The maximum absolute atomic E-state index is 5.70. The number of aliphatic imine (C=N–C) groups is 1. The summed E-state index contributed by atoms with van der Waals surface area (Å²) >= 11 is 1.74. The number of rotatable bonds is 10. The average Bonchev–Trinajstić information content (AvgIpc) is 3.24. The first-order chi connectivity index (χ1) is 11.8. The Kier molecular flexibility index (Phi) is 9.09. The second kappa shape index (κ2) is 11.4. The van der Waals surface area contributed by atoms with Crippen LogP contribution < -0.4 is 10.6 Å². The molecular weight excluding hydrogens is 324 g/mol. The molecule has 1 aliphatic rings. The first-order valence-electron chi connectivity index (χ1n) is 8.79. The van der Waals surface area contributed by atoms with E-state index in [0.29, 0.717) is 5.92 Å². The predicted molar refractivity (Wildman–Crippen MR) is 98.9 cm³/mol. The Morgan fingerprint density at radius 2 is 2.25 bits per heavy atom. The largest absolute Gasteiger partial charge is 0.381 e. The number of nitrogens with one attached hydrogen (secondary N) is 2. The molecule has 0 saturated carbocycles. The number of nitrogens with zero attached hydrogens (tertiary/aromatic N) is 2. The minimum Gasteiger partial charge on any atom is -0.381 e. The van der Waals surface area contributed by atoms with E-state index in [1.165, 1.54) is 5.01 Å². The highest BCUT2D eigenvalue weighted by Crippen LogP contribution is 2.12. The van der Waals surface area contributed by atoms with Gasteiger partial charge in [0.2, 0.25) is 0 Å². The van der Waals surface area contributed by atoms with Crippen molar-refractivity contribution in [2.24, 2.45) is 10.9 Å². The number of aryl methyl sites for hydroxylation is 2. The first-order valence-corrected chi connectivity index (χ1v) is 9.67. The molecule has 2 heterocycles. The van der Waals surface area contributed by atoms with Gasteiger partial charge >= 0.3 is 0 Å². The van der Waals surface area contributed by atoms with E-state index in [1.54, 1.807) is 18.4 Å². The Hall–Kier alpha value is -1.18. The highest BCUT2D eigenvalue weighted by atomic mass is 32.1. The molecule has 7 heteroatoms. The maximum Gasteiger partial charge on any atom is 0.190 e. The van der Waals surface area contributed by atoms with Crippen LogP contribution in [0.3, 0.4) is 0 Å². The molecule has 0 spiro atoms. The molecule has 0 aromatic carbocycles. The van der Waals surface area contributed by atoms with Crippen molar-refractivity contribution in [2.75, 3.05) is 46.6 Å². The fraction of sp³-hybridized carbons (Fsp3) is 0.765. The van der Waals surface area contributed by atoms with E-state index in [1.807, 2.05) is 6.92 Å². The van der Waals surface area contributed by atoms with Crippen molar-refractivity contribution >= 4 is 17.3 Å². The summed E-state index contributed by atoms with van der Waals surface area (Å²) < 4.78 is 11.0. The van der Waals surface area contributed by atoms with Crippen LogP contribution >= 0.6 is 11.3 Å². The van der Waals surface area contributed by atoms with E-state index < -0.39 is 0 Å². The number of guanidine groups is 1. The third kappa shape index (κ3) is 7.59. The molecular formula is C17H30N4O2S. The van der Waals surface area contributed by atoms with Gasteiger partial charge in [-0.2, -0.15) is 0 Å². The Balaban J connectivity index is 1.44. The van der Waals surface area contributed by atoms with Crippen LogP contribution in [0.25, 0.3) is 0 Å². The fourth-order valence-electron chi connectivity index (χ4n) is 2.53. The first kappa shape index (κ1) is 19.1. The Labute approximate surface area is 149 Å². The summed E-state index contributed by atoms with van der Waals surface area (Å²) in [6.45, 7) is 7.15. The zero-order valence-electron chi connectivity index (χ0n) is 14.8. The topological polar surface area (TPSA) is 67.8 Å². The Bertz CT molecular complexity index is 487. The maximum atomic E-state index is 5.70. The van der Waals surface area contributed by atoms with E-state index in [2.05, 4.69) is 26.0 Å². The SMILES string of the molecule is CN=C(NCCCOCC1CCOC1)NCCCc1nc(C)cs1. The van der Waals surface area contributed by atoms with Gasteiger partial charge in [-0.25, -0.2) is 4.98 Å². The van der Waals surface area contributed by atoms with Crippen LogP contribution in [0.15, 0.2) is 10.4 Å². The molecule has 2 N–H and O–H groups in total. The van der Waals surface area contributed by atoms with Crippen LogP contribution in [0.2, 0.25) is 0 Å².